The van der Waals surface area contributed by atoms with Gasteiger partial charge in [0, 0.05) is 18.6 Å². The molecule has 84 valence electrons. The minimum Gasteiger partial charge on any atom is -0.293 e. The van der Waals surface area contributed by atoms with Crippen LogP contribution in [0.15, 0.2) is 30.3 Å². The summed E-state index contributed by atoms with van der Waals surface area (Å²) in [5.41, 5.74) is 1.33. The second-order valence-corrected chi connectivity index (χ2v) is 5.03. The molecule has 0 aliphatic carbocycles. The highest BCUT2D eigenvalue weighted by atomic mass is 15.2. The van der Waals surface area contributed by atoms with Crippen LogP contribution >= 0.6 is 0 Å². The molecular weight excluding hydrogens is 196 g/mol. The van der Waals surface area contributed by atoms with E-state index in [1.807, 2.05) is 6.07 Å². The highest BCUT2D eigenvalue weighted by Crippen LogP contribution is 2.34. The van der Waals surface area contributed by atoms with Gasteiger partial charge in [-0.3, -0.25) is 4.90 Å². The van der Waals surface area contributed by atoms with E-state index in [-0.39, 0.29) is 11.5 Å². The summed E-state index contributed by atoms with van der Waals surface area (Å²) in [5.74, 6) is 0.163. The molecule has 16 heavy (non-hydrogen) atoms. The largest absolute Gasteiger partial charge is 0.293 e. The van der Waals surface area contributed by atoms with E-state index in [1.165, 1.54) is 5.56 Å². The van der Waals surface area contributed by atoms with Gasteiger partial charge in [-0.2, -0.15) is 5.26 Å². The van der Waals surface area contributed by atoms with Crippen LogP contribution in [0.1, 0.15) is 25.8 Å². The smallest absolute Gasteiger partial charge is 0.0675 e. The van der Waals surface area contributed by atoms with Crippen molar-refractivity contribution < 1.29 is 0 Å². The Hall–Kier alpha value is -1.33. The molecule has 0 saturated carbocycles. The molecule has 1 unspecified atom stereocenters. The average molecular weight is 214 g/mol. The van der Waals surface area contributed by atoms with E-state index >= 15 is 0 Å². The minimum absolute atomic E-state index is 0.00455. The van der Waals surface area contributed by atoms with Crippen LogP contribution in [0.25, 0.3) is 0 Å². The van der Waals surface area contributed by atoms with Crippen LogP contribution in [0.4, 0.5) is 0 Å². The van der Waals surface area contributed by atoms with Crippen LogP contribution in [-0.4, -0.2) is 17.0 Å². The summed E-state index contributed by atoms with van der Waals surface area (Å²) in [6, 6.07) is 12.9. The van der Waals surface area contributed by atoms with Crippen LogP contribution in [0.5, 0.6) is 0 Å². The molecule has 0 N–H and O–H groups in total. The summed E-state index contributed by atoms with van der Waals surface area (Å²) < 4.78 is 0. The van der Waals surface area contributed by atoms with Gasteiger partial charge >= 0.3 is 0 Å². The van der Waals surface area contributed by atoms with Gasteiger partial charge in [-0.25, -0.2) is 0 Å². The number of hydrogen-bond acceptors (Lipinski definition) is 2. The fourth-order valence-corrected chi connectivity index (χ4v) is 2.46. The van der Waals surface area contributed by atoms with Gasteiger partial charge < -0.3 is 0 Å². The molecule has 0 aromatic heterocycles. The molecule has 1 aliphatic heterocycles. The highest BCUT2D eigenvalue weighted by Gasteiger charge is 2.40. The number of rotatable bonds is 2. The molecule has 1 aliphatic rings. The lowest BCUT2D eigenvalue weighted by molar-refractivity contribution is 0.148. The Bertz CT molecular complexity index is 389. The molecule has 2 nitrogen and oxygen atoms in total. The SMILES string of the molecule is CC1(C)C(C#N)CCN1Cc1ccccc1. The molecule has 1 atom stereocenters. The lowest BCUT2D eigenvalue weighted by Gasteiger charge is -2.33. The summed E-state index contributed by atoms with van der Waals surface area (Å²) in [5, 5.41) is 9.11. The van der Waals surface area contributed by atoms with Gasteiger partial charge in [0.05, 0.1) is 12.0 Å². The van der Waals surface area contributed by atoms with Crippen molar-refractivity contribution in [2.75, 3.05) is 6.54 Å². The van der Waals surface area contributed by atoms with Crippen molar-refractivity contribution in [1.82, 2.24) is 4.90 Å². The third kappa shape index (κ3) is 1.96. The predicted octanol–water partition coefficient (Wildman–Crippen LogP) is 2.81. The van der Waals surface area contributed by atoms with Crippen molar-refractivity contribution in [3.63, 3.8) is 0 Å². The summed E-state index contributed by atoms with van der Waals surface area (Å²) >= 11 is 0. The molecule has 1 saturated heterocycles. The third-order valence-electron chi connectivity index (χ3n) is 3.73. The summed E-state index contributed by atoms with van der Waals surface area (Å²) in [6.45, 7) is 6.33. The number of likely N-dealkylation sites (tertiary alicyclic amines) is 1. The molecule has 2 rings (SSSR count). The number of nitriles is 1. The van der Waals surface area contributed by atoms with E-state index in [2.05, 4.69) is 49.1 Å². The fraction of sp³-hybridized carbons (Fsp3) is 0.500. The predicted molar refractivity (Wildman–Crippen MR) is 64.7 cm³/mol. The van der Waals surface area contributed by atoms with E-state index in [0.29, 0.717) is 0 Å². The molecule has 2 heteroatoms. The van der Waals surface area contributed by atoms with Crippen molar-refractivity contribution in [2.24, 2.45) is 5.92 Å². The van der Waals surface area contributed by atoms with Crippen LogP contribution in [0.3, 0.4) is 0 Å². The van der Waals surface area contributed by atoms with Gasteiger partial charge in [0.2, 0.25) is 0 Å². The fourth-order valence-electron chi connectivity index (χ4n) is 2.46. The van der Waals surface area contributed by atoms with Crippen molar-refractivity contribution in [3.05, 3.63) is 35.9 Å². The Kier molecular flexibility index (Phi) is 2.98. The Morgan fingerprint density at radius 3 is 2.62 bits per heavy atom. The van der Waals surface area contributed by atoms with Crippen molar-refractivity contribution in [2.45, 2.75) is 32.4 Å². The van der Waals surface area contributed by atoms with E-state index in [0.717, 1.165) is 19.5 Å². The first-order valence-corrected chi connectivity index (χ1v) is 5.83. The van der Waals surface area contributed by atoms with E-state index in [1.54, 1.807) is 0 Å². The molecule has 1 fully saturated rings. The zero-order valence-corrected chi connectivity index (χ0v) is 9.98. The average Bonchev–Trinajstić information content (AvgIpc) is 2.56. The van der Waals surface area contributed by atoms with Gasteiger partial charge in [0.25, 0.3) is 0 Å². The van der Waals surface area contributed by atoms with Crippen LogP contribution < -0.4 is 0 Å². The maximum Gasteiger partial charge on any atom is 0.0675 e. The number of benzene rings is 1. The monoisotopic (exact) mass is 214 g/mol. The lowest BCUT2D eigenvalue weighted by Crippen LogP contribution is -2.41. The van der Waals surface area contributed by atoms with Crippen LogP contribution in [0, 0.1) is 17.2 Å². The van der Waals surface area contributed by atoms with Gasteiger partial charge in [0.1, 0.15) is 0 Å². The van der Waals surface area contributed by atoms with Crippen LogP contribution in [0.2, 0.25) is 0 Å². The van der Waals surface area contributed by atoms with E-state index in [9.17, 15) is 0 Å². The topological polar surface area (TPSA) is 27.0 Å². The van der Waals surface area contributed by atoms with Gasteiger partial charge in [-0.05, 0) is 25.8 Å². The van der Waals surface area contributed by atoms with Gasteiger partial charge in [-0.1, -0.05) is 30.3 Å². The summed E-state index contributed by atoms with van der Waals surface area (Å²) in [4.78, 5) is 2.41. The normalized spacial score (nSPS) is 24.2. The summed E-state index contributed by atoms with van der Waals surface area (Å²) in [6.07, 6.45) is 0.996. The maximum atomic E-state index is 9.11. The Labute approximate surface area is 97.5 Å². The third-order valence-corrected chi connectivity index (χ3v) is 3.73. The van der Waals surface area contributed by atoms with Crippen molar-refractivity contribution >= 4 is 0 Å². The quantitative estimate of drug-likeness (QED) is 0.757. The number of hydrogen-bond donors (Lipinski definition) is 0. The maximum absolute atomic E-state index is 9.11. The first kappa shape index (κ1) is 11.2. The Morgan fingerprint density at radius 1 is 1.38 bits per heavy atom. The molecule has 0 bridgehead atoms. The molecule has 0 radical (unpaired) electrons. The molecule has 0 spiro atoms. The first-order chi connectivity index (χ1) is 7.64. The molecule has 1 aromatic rings. The molecule has 0 amide bonds. The lowest BCUT2D eigenvalue weighted by atomic mass is 9.89. The van der Waals surface area contributed by atoms with Crippen molar-refractivity contribution in [3.8, 4) is 6.07 Å². The minimum atomic E-state index is 0.00455. The van der Waals surface area contributed by atoms with E-state index < -0.39 is 0 Å². The standard InChI is InChI=1S/C14H18N2/c1-14(2)13(10-15)8-9-16(14)11-12-6-4-3-5-7-12/h3-7,13H,8-9,11H2,1-2H3. The molecule has 1 aromatic carbocycles. The first-order valence-electron chi connectivity index (χ1n) is 5.83. The van der Waals surface area contributed by atoms with Crippen LogP contribution in [-0.2, 0) is 6.54 Å². The molecule has 1 heterocycles. The zero-order chi connectivity index (χ0) is 11.6. The highest BCUT2D eigenvalue weighted by molar-refractivity contribution is 5.16. The van der Waals surface area contributed by atoms with Gasteiger partial charge in [-0.15, -0.1) is 0 Å². The summed E-state index contributed by atoms with van der Waals surface area (Å²) in [7, 11) is 0. The second kappa shape index (κ2) is 4.27. The van der Waals surface area contributed by atoms with E-state index in [4.69, 9.17) is 5.26 Å². The van der Waals surface area contributed by atoms with Crippen molar-refractivity contribution in [1.29, 1.82) is 5.26 Å². The van der Waals surface area contributed by atoms with Gasteiger partial charge in [0.15, 0.2) is 0 Å². The second-order valence-electron chi connectivity index (χ2n) is 5.03. The Balaban J connectivity index is 2.10. The molecular formula is C14H18N2. The number of nitrogens with zero attached hydrogens (tertiary/aromatic N) is 2. The zero-order valence-electron chi connectivity index (χ0n) is 9.98. The Morgan fingerprint density at radius 2 is 2.06 bits per heavy atom.